The van der Waals surface area contributed by atoms with E-state index >= 15 is 0 Å². The summed E-state index contributed by atoms with van der Waals surface area (Å²) in [4.78, 5) is 0. The minimum absolute atomic E-state index is 0.0447. The molecule has 0 unspecified atom stereocenters. The van der Waals surface area contributed by atoms with Crippen molar-refractivity contribution < 1.29 is 19.0 Å². The van der Waals surface area contributed by atoms with Gasteiger partial charge in [0.15, 0.2) is 11.5 Å². The van der Waals surface area contributed by atoms with E-state index in [0.29, 0.717) is 23.5 Å². The Morgan fingerprint density at radius 3 is 2.50 bits per heavy atom. The van der Waals surface area contributed by atoms with Gasteiger partial charge in [-0.05, 0) is 38.3 Å². The minimum Gasteiger partial charge on any atom is -0.493 e. The van der Waals surface area contributed by atoms with Crippen LogP contribution in [0.5, 0.6) is 11.5 Å². The topological polar surface area (TPSA) is 38.7 Å². The first-order chi connectivity index (χ1) is 8.43. The third kappa shape index (κ3) is 2.93. The van der Waals surface area contributed by atoms with E-state index in [1.54, 1.807) is 6.07 Å². The van der Waals surface area contributed by atoms with E-state index in [1.807, 2.05) is 13.8 Å². The van der Waals surface area contributed by atoms with Gasteiger partial charge < -0.3 is 14.6 Å². The molecule has 1 fully saturated rings. The summed E-state index contributed by atoms with van der Waals surface area (Å²) in [5.41, 5.74) is -0.241. The molecule has 1 N–H and O–H groups in total. The van der Waals surface area contributed by atoms with Gasteiger partial charge in [-0.2, -0.15) is 0 Å². The smallest absolute Gasteiger partial charge is 0.164 e. The molecule has 18 heavy (non-hydrogen) atoms. The molecule has 0 aromatic heterocycles. The second kappa shape index (κ2) is 4.76. The second-order valence-corrected chi connectivity index (χ2v) is 5.16. The van der Waals surface area contributed by atoms with Gasteiger partial charge in [-0.15, -0.1) is 0 Å². The molecule has 2 rings (SSSR count). The Bertz CT molecular complexity index is 439. The number of hydrogen-bond acceptors (Lipinski definition) is 3. The van der Waals surface area contributed by atoms with Crippen LogP contribution in [0.1, 0.15) is 32.3 Å². The van der Waals surface area contributed by atoms with Crippen LogP contribution in [0.3, 0.4) is 0 Å². The Labute approximate surface area is 107 Å². The SMILES string of the molecule is COc1cc(CC2(O)CC2)c(F)cc1OC(C)C. The van der Waals surface area contributed by atoms with E-state index in [-0.39, 0.29) is 11.9 Å². The third-order valence-electron chi connectivity index (χ3n) is 3.04. The van der Waals surface area contributed by atoms with Crippen LogP contribution in [-0.2, 0) is 6.42 Å². The molecule has 0 atom stereocenters. The fourth-order valence-electron chi connectivity index (χ4n) is 1.89. The van der Waals surface area contributed by atoms with Gasteiger partial charge in [0.05, 0.1) is 18.8 Å². The zero-order chi connectivity index (χ0) is 13.3. The van der Waals surface area contributed by atoms with Crippen molar-refractivity contribution in [1.29, 1.82) is 0 Å². The molecular formula is C14H19FO3. The van der Waals surface area contributed by atoms with Gasteiger partial charge in [0.1, 0.15) is 5.82 Å². The molecule has 0 bridgehead atoms. The summed E-state index contributed by atoms with van der Waals surface area (Å²) in [6, 6.07) is 2.95. The molecule has 1 saturated carbocycles. The Kier molecular flexibility index (Phi) is 3.48. The molecule has 4 heteroatoms. The van der Waals surface area contributed by atoms with Crippen LogP contribution >= 0.6 is 0 Å². The average Bonchev–Trinajstić information content (AvgIpc) is 2.99. The van der Waals surface area contributed by atoms with Crippen molar-refractivity contribution >= 4 is 0 Å². The number of aliphatic hydroxyl groups is 1. The highest BCUT2D eigenvalue weighted by atomic mass is 19.1. The van der Waals surface area contributed by atoms with Gasteiger partial charge in [-0.25, -0.2) is 4.39 Å². The highest BCUT2D eigenvalue weighted by Gasteiger charge is 2.41. The van der Waals surface area contributed by atoms with E-state index in [1.165, 1.54) is 13.2 Å². The molecule has 0 spiro atoms. The highest BCUT2D eigenvalue weighted by molar-refractivity contribution is 5.44. The van der Waals surface area contributed by atoms with Crippen molar-refractivity contribution in [2.45, 2.75) is 44.8 Å². The van der Waals surface area contributed by atoms with Crippen molar-refractivity contribution in [3.63, 3.8) is 0 Å². The number of methoxy groups -OCH3 is 1. The molecule has 3 nitrogen and oxygen atoms in total. The third-order valence-corrected chi connectivity index (χ3v) is 3.04. The van der Waals surface area contributed by atoms with Gasteiger partial charge >= 0.3 is 0 Å². The molecule has 1 aromatic carbocycles. The first-order valence-corrected chi connectivity index (χ1v) is 6.19. The number of hydrogen-bond donors (Lipinski definition) is 1. The van der Waals surface area contributed by atoms with Crippen molar-refractivity contribution in [3.8, 4) is 11.5 Å². The number of rotatable bonds is 5. The summed E-state index contributed by atoms with van der Waals surface area (Å²) in [6.45, 7) is 3.75. The van der Waals surface area contributed by atoms with Gasteiger partial charge in [0.2, 0.25) is 0 Å². The molecular weight excluding hydrogens is 235 g/mol. The fraction of sp³-hybridized carbons (Fsp3) is 0.571. The van der Waals surface area contributed by atoms with Gasteiger partial charge in [0.25, 0.3) is 0 Å². The predicted molar refractivity (Wildman–Crippen MR) is 66.6 cm³/mol. The monoisotopic (exact) mass is 254 g/mol. The van der Waals surface area contributed by atoms with Crippen molar-refractivity contribution in [2.75, 3.05) is 7.11 Å². The average molecular weight is 254 g/mol. The quantitative estimate of drug-likeness (QED) is 0.878. The fourth-order valence-corrected chi connectivity index (χ4v) is 1.89. The molecule has 1 aliphatic carbocycles. The Morgan fingerprint density at radius 1 is 1.33 bits per heavy atom. The summed E-state index contributed by atoms with van der Waals surface area (Å²) < 4.78 is 24.6. The maximum Gasteiger partial charge on any atom is 0.164 e. The second-order valence-electron chi connectivity index (χ2n) is 5.16. The molecule has 100 valence electrons. The van der Waals surface area contributed by atoms with Crippen molar-refractivity contribution in [1.82, 2.24) is 0 Å². The number of halogens is 1. The summed E-state index contributed by atoms with van der Waals surface area (Å²) in [5, 5.41) is 9.85. The molecule has 0 heterocycles. The normalized spacial score (nSPS) is 16.8. The molecule has 0 aliphatic heterocycles. The van der Waals surface area contributed by atoms with Crippen LogP contribution in [-0.4, -0.2) is 23.9 Å². The Balaban J connectivity index is 2.26. The maximum absolute atomic E-state index is 13.9. The molecule has 0 saturated heterocycles. The van der Waals surface area contributed by atoms with E-state index in [0.717, 1.165) is 12.8 Å². The Morgan fingerprint density at radius 2 is 2.00 bits per heavy atom. The minimum atomic E-state index is -0.716. The van der Waals surface area contributed by atoms with E-state index in [2.05, 4.69) is 0 Å². The number of benzene rings is 1. The molecule has 1 aliphatic rings. The first kappa shape index (κ1) is 13.1. The van der Waals surface area contributed by atoms with Crippen LogP contribution in [0.4, 0.5) is 4.39 Å². The molecule has 0 radical (unpaired) electrons. The largest absolute Gasteiger partial charge is 0.493 e. The van der Waals surface area contributed by atoms with E-state index in [4.69, 9.17) is 9.47 Å². The van der Waals surface area contributed by atoms with Crippen LogP contribution < -0.4 is 9.47 Å². The van der Waals surface area contributed by atoms with Crippen LogP contribution in [0.25, 0.3) is 0 Å². The lowest BCUT2D eigenvalue weighted by molar-refractivity contribution is 0.149. The molecule has 0 amide bonds. The van der Waals surface area contributed by atoms with Crippen molar-refractivity contribution in [2.24, 2.45) is 0 Å². The lowest BCUT2D eigenvalue weighted by Gasteiger charge is -2.16. The summed E-state index contributed by atoms with van der Waals surface area (Å²) >= 11 is 0. The Hall–Kier alpha value is -1.29. The lowest BCUT2D eigenvalue weighted by atomic mass is 10.1. The number of ether oxygens (including phenoxy) is 2. The summed E-state index contributed by atoms with van der Waals surface area (Å²) in [6.07, 6.45) is 1.76. The lowest BCUT2D eigenvalue weighted by Crippen LogP contribution is -2.13. The first-order valence-electron chi connectivity index (χ1n) is 6.19. The summed E-state index contributed by atoms with van der Waals surface area (Å²) in [5.74, 6) is 0.549. The predicted octanol–water partition coefficient (Wildman–Crippen LogP) is 2.69. The van der Waals surface area contributed by atoms with Crippen LogP contribution in [0.15, 0.2) is 12.1 Å². The van der Waals surface area contributed by atoms with Gasteiger partial charge in [-0.3, -0.25) is 0 Å². The van der Waals surface area contributed by atoms with Crippen LogP contribution in [0, 0.1) is 5.82 Å². The maximum atomic E-state index is 13.9. The van der Waals surface area contributed by atoms with Crippen LogP contribution in [0.2, 0.25) is 0 Å². The van der Waals surface area contributed by atoms with E-state index < -0.39 is 5.60 Å². The van der Waals surface area contributed by atoms with E-state index in [9.17, 15) is 9.50 Å². The van der Waals surface area contributed by atoms with Crippen molar-refractivity contribution in [3.05, 3.63) is 23.5 Å². The zero-order valence-electron chi connectivity index (χ0n) is 11.0. The highest BCUT2D eigenvalue weighted by Crippen LogP contribution is 2.40. The summed E-state index contributed by atoms with van der Waals surface area (Å²) in [7, 11) is 1.52. The van der Waals surface area contributed by atoms with Gasteiger partial charge in [-0.1, -0.05) is 0 Å². The molecule has 1 aromatic rings. The zero-order valence-corrected chi connectivity index (χ0v) is 11.0. The standard InChI is InChI=1S/C14H19FO3/c1-9(2)18-13-7-11(15)10(6-12(13)17-3)8-14(16)4-5-14/h6-7,9,16H,4-5,8H2,1-3H3. The van der Waals surface area contributed by atoms with Gasteiger partial charge in [0, 0.05) is 12.5 Å².